The minimum Gasteiger partial charge on any atom is -0.344 e. The highest BCUT2D eigenvalue weighted by molar-refractivity contribution is 5.74. The van der Waals surface area contributed by atoms with Gasteiger partial charge in [-0.25, -0.2) is 4.98 Å². The molecule has 14 heavy (non-hydrogen) atoms. The summed E-state index contributed by atoms with van der Waals surface area (Å²) >= 11 is 0. The smallest absolute Gasteiger partial charge is 0.156 e. The van der Waals surface area contributed by atoms with Gasteiger partial charge in [-0.2, -0.15) is 0 Å². The Balaban J connectivity index is 2.25. The van der Waals surface area contributed by atoms with Crippen LogP contribution in [-0.2, 0) is 6.54 Å². The van der Waals surface area contributed by atoms with Crippen LogP contribution in [0.25, 0.3) is 11.2 Å². The van der Waals surface area contributed by atoms with Crippen LogP contribution >= 0.6 is 0 Å². The molecule has 4 heteroatoms. The van der Waals surface area contributed by atoms with Crippen molar-refractivity contribution in [1.82, 2.24) is 20.3 Å². The molecule has 0 aliphatic rings. The summed E-state index contributed by atoms with van der Waals surface area (Å²) in [6.45, 7) is 5.08. The molecule has 0 bridgehead atoms. The molecule has 0 aliphatic heterocycles. The SMILES string of the molecule is CC(C)NCc1c[nH]c2nccnc12. The molecule has 0 saturated heterocycles. The number of aromatic amines is 1. The number of H-pyrrole nitrogens is 1. The molecule has 2 N–H and O–H groups in total. The lowest BCUT2D eigenvalue weighted by Gasteiger charge is -2.05. The number of nitrogens with zero attached hydrogens (tertiary/aromatic N) is 2. The third kappa shape index (κ3) is 1.75. The van der Waals surface area contributed by atoms with Crippen LogP contribution in [0.2, 0.25) is 0 Å². The van der Waals surface area contributed by atoms with Crippen molar-refractivity contribution in [2.45, 2.75) is 26.4 Å². The molecule has 0 saturated carbocycles. The van der Waals surface area contributed by atoms with Gasteiger partial charge in [0, 0.05) is 36.7 Å². The topological polar surface area (TPSA) is 53.6 Å². The van der Waals surface area contributed by atoms with Gasteiger partial charge in [-0.15, -0.1) is 0 Å². The Hall–Kier alpha value is -1.42. The zero-order chi connectivity index (χ0) is 9.97. The standard InChI is InChI=1S/C10H14N4/c1-7(2)13-5-8-6-14-10-9(8)11-3-4-12-10/h3-4,6-7,13H,5H2,1-2H3,(H,12,14). The number of fused-ring (bicyclic) bond motifs is 1. The van der Waals surface area contributed by atoms with E-state index in [-0.39, 0.29) is 0 Å². The number of nitrogens with one attached hydrogen (secondary N) is 2. The Kier molecular flexibility index (Phi) is 2.45. The van der Waals surface area contributed by atoms with Gasteiger partial charge >= 0.3 is 0 Å². The van der Waals surface area contributed by atoms with Gasteiger partial charge in [0.25, 0.3) is 0 Å². The molecule has 0 fully saturated rings. The molecule has 0 unspecified atom stereocenters. The quantitative estimate of drug-likeness (QED) is 0.770. The van der Waals surface area contributed by atoms with Crippen molar-refractivity contribution in [2.75, 3.05) is 0 Å². The Morgan fingerprint density at radius 2 is 2.14 bits per heavy atom. The van der Waals surface area contributed by atoms with Gasteiger partial charge in [0.05, 0.1) is 0 Å². The Morgan fingerprint density at radius 1 is 1.36 bits per heavy atom. The fourth-order valence-electron chi connectivity index (χ4n) is 1.35. The fourth-order valence-corrected chi connectivity index (χ4v) is 1.35. The zero-order valence-corrected chi connectivity index (χ0v) is 8.41. The van der Waals surface area contributed by atoms with E-state index in [1.165, 1.54) is 5.56 Å². The average molecular weight is 190 g/mol. The van der Waals surface area contributed by atoms with Crippen LogP contribution in [0.3, 0.4) is 0 Å². The Morgan fingerprint density at radius 3 is 2.93 bits per heavy atom. The van der Waals surface area contributed by atoms with Gasteiger partial charge in [0.2, 0.25) is 0 Å². The summed E-state index contributed by atoms with van der Waals surface area (Å²) in [5, 5.41) is 3.35. The summed E-state index contributed by atoms with van der Waals surface area (Å²) in [4.78, 5) is 11.6. The molecule has 0 amide bonds. The van der Waals surface area contributed by atoms with Gasteiger partial charge in [-0.3, -0.25) is 4.98 Å². The van der Waals surface area contributed by atoms with E-state index >= 15 is 0 Å². The molecular formula is C10H14N4. The highest BCUT2D eigenvalue weighted by Crippen LogP contribution is 2.12. The molecule has 0 radical (unpaired) electrons. The minimum absolute atomic E-state index is 0.483. The van der Waals surface area contributed by atoms with Crippen molar-refractivity contribution in [3.05, 3.63) is 24.2 Å². The van der Waals surface area contributed by atoms with E-state index in [1.807, 2.05) is 6.20 Å². The van der Waals surface area contributed by atoms with Crippen LogP contribution < -0.4 is 5.32 Å². The lowest BCUT2D eigenvalue weighted by Crippen LogP contribution is -2.21. The predicted octanol–water partition coefficient (Wildman–Crippen LogP) is 1.46. The van der Waals surface area contributed by atoms with Gasteiger partial charge < -0.3 is 10.3 Å². The summed E-state index contributed by atoms with van der Waals surface area (Å²) < 4.78 is 0. The van der Waals surface area contributed by atoms with Gasteiger partial charge in [-0.05, 0) is 0 Å². The summed E-state index contributed by atoms with van der Waals surface area (Å²) in [6.07, 6.45) is 5.37. The Labute approximate surface area is 82.8 Å². The van der Waals surface area contributed by atoms with E-state index < -0.39 is 0 Å². The third-order valence-electron chi connectivity index (χ3n) is 2.09. The summed E-state index contributed by atoms with van der Waals surface area (Å²) in [6, 6.07) is 0.483. The van der Waals surface area contributed by atoms with Crippen molar-refractivity contribution in [2.24, 2.45) is 0 Å². The average Bonchev–Trinajstić information content (AvgIpc) is 2.58. The van der Waals surface area contributed by atoms with Crippen molar-refractivity contribution < 1.29 is 0 Å². The van der Waals surface area contributed by atoms with Crippen molar-refractivity contribution in [3.63, 3.8) is 0 Å². The first-order chi connectivity index (χ1) is 6.77. The molecule has 74 valence electrons. The second kappa shape index (κ2) is 3.75. The first-order valence-corrected chi connectivity index (χ1v) is 4.77. The molecule has 2 aromatic rings. The minimum atomic E-state index is 0.483. The summed E-state index contributed by atoms with van der Waals surface area (Å²) in [5.41, 5.74) is 2.98. The van der Waals surface area contributed by atoms with Gasteiger partial charge in [0.1, 0.15) is 5.52 Å². The fraction of sp³-hybridized carbons (Fsp3) is 0.400. The molecule has 2 aromatic heterocycles. The van der Waals surface area contributed by atoms with Crippen LogP contribution in [0.15, 0.2) is 18.6 Å². The monoisotopic (exact) mass is 190 g/mol. The van der Waals surface area contributed by atoms with E-state index in [0.717, 1.165) is 17.7 Å². The molecule has 2 rings (SSSR count). The van der Waals surface area contributed by atoms with Crippen LogP contribution in [0.5, 0.6) is 0 Å². The molecule has 0 atom stereocenters. The number of aromatic nitrogens is 3. The van der Waals surface area contributed by atoms with E-state index in [9.17, 15) is 0 Å². The number of hydrogen-bond acceptors (Lipinski definition) is 3. The molecule has 2 heterocycles. The van der Waals surface area contributed by atoms with Crippen LogP contribution in [-0.4, -0.2) is 21.0 Å². The van der Waals surface area contributed by atoms with Crippen molar-refractivity contribution >= 4 is 11.2 Å². The second-order valence-corrected chi connectivity index (χ2v) is 3.60. The third-order valence-corrected chi connectivity index (χ3v) is 2.09. The highest BCUT2D eigenvalue weighted by Gasteiger charge is 2.04. The predicted molar refractivity (Wildman–Crippen MR) is 55.9 cm³/mol. The van der Waals surface area contributed by atoms with E-state index in [4.69, 9.17) is 0 Å². The van der Waals surface area contributed by atoms with Crippen molar-refractivity contribution in [1.29, 1.82) is 0 Å². The van der Waals surface area contributed by atoms with Gasteiger partial charge in [-0.1, -0.05) is 13.8 Å². The molecule has 0 aliphatic carbocycles. The maximum Gasteiger partial charge on any atom is 0.156 e. The molecule has 0 aromatic carbocycles. The zero-order valence-electron chi connectivity index (χ0n) is 8.41. The normalized spacial score (nSPS) is 11.4. The van der Waals surface area contributed by atoms with Crippen LogP contribution in [0.1, 0.15) is 19.4 Å². The number of rotatable bonds is 3. The van der Waals surface area contributed by atoms with Crippen LogP contribution in [0, 0.1) is 0 Å². The first kappa shape index (κ1) is 9.15. The molecule has 4 nitrogen and oxygen atoms in total. The highest BCUT2D eigenvalue weighted by atomic mass is 14.9. The van der Waals surface area contributed by atoms with Crippen LogP contribution in [0.4, 0.5) is 0 Å². The lowest BCUT2D eigenvalue weighted by molar-refractivity contribution is 0.590. The number of hydrogen-bond donors (Lipinski definition) is 2. The first-order valence-electron chi connectivity index (χ1n) is 4.77. The summed E-state index contributed by atoms with van der Waals surface area (Å²) in [5.74, 6) is 0. The van der Waals surface area contributed by atoms with Crippen molar-refractivity contribution in [3.8, 4) is 0 Å². The summed E-state index contributed by atoms with van der Waals surface area (Å²) in [7, 11) is 0. The van der Waals surface area contributed by atoms with E-state index in [0.29, 0.717) is 6.04 Å². The Bertz CT molecular complexity index is 419. The lowest BCUT2D eigenvalue weighted by atomic mass is 10.3. The van der Waals surface area contributed by atoms with Gasteiger partial charge in [0.15, 0.2) is 5.65 Å². The van der Waals surface area contributed by atoms with E-state index in [1.54, 1.807) is 12.4 Å². The van der Waals surface area contributed by atoms with E-state index in [2.05, 4.69) is 34.1 Å². The maximum absolute atomic E-state index is 4.29. The largest absolute Gasteiger partial charge is 0.344 e. The second-order valence-electron chi connectivity index (χ2n) is 3.60. The molecular weight excluding hydrogens is 176 g/mol. The maximum atomic E-state index is 4.29. The molecule has 0 spiro atoms.